The Balaban J connectivity index is 3.64. The van der Waals surface area contributed by atoms with Crippen molar-refractivity contribution in [1.29, 1.82) is 0 Å². The second kappa shape index (κ2) is 5.04. The van der Waals surface area contributed by atoms with Crippen molar-refractivity contribution in [1.82, 2.24) is 0 Å². The van der Waals surface area contributed by atoms with Gasteiger partial charge in [-0.15, -0.1) is 0 Å². The SMILES string of the molecule is C=C/C=C\C(=C)CC(C)C. The van der Waals surface area contributed by atoms with Crippen LogP contribution < -0.4 is 0 Å². The molecule has 0 fully saturated rings. The first-order valence-electron chi connectivity index (χ1n) is 3.63. The molecular formula is C10H16. The number of rotatable bonds is 4. The lowest BCUT2D eigenvalue weighted by Gasteiger charge is -2.01. The number of hydrogen-bond acceptors (Lipinski definition) is 0. The fourth-order valence-corrected chi connectivity index (χ4v) is 0.797. The summed E-state index contributed by atoms with van der Waals surface area (Å²) in [4.78, 5) is 0. The molecule has 0 heterocycles. The van der Waals surface area contributed by atoms with Gasteiger partial charge >= 0.3 is 0 Å². The molecule has 0 aromatic heterocycles. The molecule has 0 radical (unpaired) electrons. The molecule has 0 spiro atoms. The predicted octanol–water partition coefficient (Wildman–Crippen LogP) is 3.33. The quantitative estimate of drug-likeness (QED) is 0.520. The third kappa shape index (κ3) is 5.36. The van der Waals surface area contributed by atoms with Crippen LogP contribution in [-0.2, 0) is 0 Å². The minimum absolute atomic E-state index is 0.696. The second-order valence-corrected chi connectivity index (χ2v) is 2.85. The summed E-state index contributed by atoms with van der Waals surface area (Å²) in [6, 6.07) is 0. The van der Waals surface area contributed by atoms with Crippen molar-refractivity contribution >= 4 is 0 Å². The van der Waals surface area contributed by atoms with E-state index in [-0.39, 0.29) is 0 Å². The fraction of sp³-hybridized carbons (Fsp3) is 0.400. The maximum Gasteiger partial charge on any atom is -0.0262 e. The van der Waals surface area contributed by atoms with Gasteiger partial charge in [0.05, 0.1) is 0 Å². The molecule has 0 aromatic rings. The van der Waals surface area contributed by atoms with Gasteiger partial charge in [-0.2, -0.15) is 0 Å². The van der Waals surface area contributed by atoms with Gasteiger partial charge in [0.15, 0.2) is 0 Å². The van der Waals surface area contributed by atoms with Gasteiger partial charge in [-0.1, -0.05) is 50.8 Å². The highest BCUT2D eigenvalue weighted by Gasteiger charge is 1.92. The number of allylic oxidation sites excluding steroid dienone is 4. The highest BCUT2D eigenvalue weighted by Crippen LogP contribution is 2.08. The molecule has 0 aliphatic heterocycles. The van der Waals surface area contributed by atoms with Crippen LogP contribution in [0.4, 0.5) is 0 Å². The van der Waals surface area contributed by atoms with Crippen LogP contribution in [0.25, 0.3) is 0 Å². The largest absolute Gasteiger partial charge is 0.0991 e. The summed E-state index contributed by atoms with van der Waals surface area (Å²) >= 11 is 0. The van der Waals surface area contributed by atoms with Crippen molar-refractivity contribution in [2.24, 2.45) is 5.92 Å². The average molecular weight is 136 g/mol. The molecule has 0 amide bonds. The summed E-state index contributed by atoms with van der Waals surface area (Å²) in [5, 5.41) is 0. The Morgan fingerprint density at radius 3 is 2.50 bits per heavy atom. The molecule has 0 nitrogen and oxygen atoms in total. The van der Waals surface area contributed by atoms with Gasteiger partial charge in [0.1, 0.15) is 0 Å². The summed E-state index contributed by atoms with van der Waals surface area (Å²) in [7, 11) is 0. The van der Waals surface area contributed by atoms with Gasteiger partial charge in [-0.25, -0.2) is 0 Å². The van der Waals surface area contributed by atoms with Crippen molar-refractivity contribution in [3.8, 4) is 0 Å². The zero-order valence-corrected chi connectivity index (χ0v) is 6.93. The van der Waals surface area contributed by atoms with Crippen molar-refractivity contribution in [2.75, 3.05) is 0 Å². The van der Waals surface area contributed by atoms with Gasteiger partial charge in [-0.3, -0.25) is 0 Å². The summed E-state index contributed by atoms with van der Waals surface area (Å²) < 4.78 is 0. The van der Waals surface area contributed by atoms with Gasteiger partial charge in [0.2, 0.25) is 0 Å². The molecule has 0 saturated heterocycles. The van der Waals surface area contributed by atoms with E-state index in [1.54, 1.807) is 6.08 Å². The molecule has 0 aromatic carbocycles. The second-order valence-electron chi connectivity index (χ2n) is 2.85. The van der Waals surface area contributed by atoms with E-state index >= 15 is 0 Å². The molecule has 0 aliphatic carbocycles. The molecule has 0 unspecified atom stereocenters. The zero-order chi connectivity index (χ0) is 7.98. The monoisotopic (exact) mass is 136 g/mol. The molecule has 56 valence electrons. The average Bonchev–Trinajstić information content (AvgIpc) is 1.82. The Morgan fingerprint density at radius 2 is 2.10 bits per heavy atom. The van der Waals surface area contributed by atoms with Crippen molar-refractivity contribution < 1.29 is 0 Å². The van der Waals surface area contributed by atoms with E-state index < -0.39 is 0 Å². The van der Waals surface area contributed by atoms with Gasteiger partial charge in [-0.05, 0) is 12.3 Å². The van der Waals surface area contributed by atoms with Gasteiger partial charge < -0.3 is 0 Å². The lowest BCUT2D eigenvalue weighted by molar-refractivity contribution is 0.651. The van der Waals surface area contributed by atoms with Gasteiger partial charge in [0.25, 0.3) is 0 Å². The van der Waals surface area contributed by atoms with Crippen LogP contribution in [-0.4, -0.2) is 0 Å². The van der Waals surface area contributed by atoms with E-state index in [4.69, 9.17) is 0 Å². The smallest absolute Gasteiger partial charge is 0.0262 e. The van der Waals surface area contributed by atoms with E-state index in [9.17, 15) is 0 Å². The maximum atomic E-state index is 3.90. The normalized spacial score (nSPS) is 10.7. The standard InChI is InChI=1S/C10H16/c1-5-6-7-10(4)8-9(2)3/h5-7,9H,1,4,8H2,2-3H3/b7-6-. The van der Waals surface area contributed by atoms with E-state index in [0.717, 1.165) is 6.42 Å². The lowest BCUT2D eigenvalue weighted by Crippen LogP contribution is -1.86. The van der Waals surface area contributed by atoms with Gasteiger partial charge in [0, 0.05) is 0 Å². The van der Waals surface area contributed by atoms with E-state index in [1.165, 1.54) is 5.57 Å². The summed E-state index contributed by atoms with van der Waals surface area (Å²) in [6.07, 6.45) is 6.77. The van der Waals surface area contributed by atoms with Crippen LogP contribution in [0.2, 0.25) is 0 Å². The highest BCUT2D eigenvalue weighted by atomic mass is 14.0. The lowest BCUT2D eigenvalue weighted by atomic mass is 10.0. The first kappa shape index (κ1) is 9.22. The van der Waals surface area contributed by atoms with Crippen molar-refractivity contribution in [3.63, 3.8) is 0 Å². The Kier molecular flexibility index (Phi) is 4.65. The predicted molar refractivity (Wildman–Crippen MR) is 47.9 cm³/mol. The Bertz CT molecular complexity index is 138. The molecule has 0 atom stereocenters. The molecule has 0 aliphatic rings. The first-order valence-corrected chi connectivity index (χ1v) is 3.63. The van der Waals surface area contributed by atoms with Crippen LogP contribution in [0, 0.1) is 5.92 Å². The third-order valence-electron chi connectivity index (χ3n) is 1.14. The van der Waals surface area contributed by atoms with Crippen LogP contribution in [0.1, 0.15) is 20.3 Å². The van der Waals surface area contributed by atoms with Crippen LogP contribution in [0.15, 0.2) is 37.0 Å². The highest BCUT2D eigenvalue weighted by molar-refractivity contribution is 5.18. The Morgan fingerprint density at radius 1 is 1.50 bits per heavy atom. The molecular weight excluding hydrogens is 120 g/mol. The maximum absolute atomic E-state index is 3.90. The first-order chi connectivity index (χ1) is 4.66. The molecule has 10 heavy (non-hydrogen) atoms. The topological polar surface area (TPSA) is 0 Å². The summed E-state index contributed by atoms with van der Waals surface area (Å²) in [6.45, 7) is 11.9. The molecule has 0 bridgehead atoms. The minimum atomic E-state index is 0.696. The summed E-state index contributed by atoms with van der Waals surface area (Å²) in [5.74, 6) is 0.696. The van der Waals surface area contributed by atoms with Crippen molar-refractivity contribution in [2.45, 2.75) is 20.3 Å². The molecule has 0 heteroatoms. The summed E-state index contributed by atoms with van der Waals surface area (Å²) in [5.41, 5.74) is 1.18. The van der Waals surface area contributed by atoms with E-state index in [0.29, 0.717) is 5.92 Å². The third-order valence-corrected chi connectivity index (χ3v) is 1.14. The zero-order valence-electron chi connectivity index (χ0n) is 6.93. The molecule has 0 saturated carbocycles. The van der Waals surface area contributed by atoms with Crippen LogP contribution in [0.3, 0.4) is 0 Å². The van der Waals surface area contributed by atoms with Crippen LogP contribution in [0.5, 0.6) is 0 Å². The van der Waals surface area contributed by atoms with Crippen molar-refractivity contribution in [3.05, 3.63) is 37.0 Å². The fourth-order valence-electron chi connectivity index (χ4n) is 0.797. The van der Waals surface area contributed by atoms with E-state index in [1.807, 2.05) is 12.2 Å². The molecule has 0 N–H and O–H groups in total. The Hall–Kier alpha value is -0.780. The Labute approximate surface area is 64.0 Å². The van der Waals surface area contributed by atoms with Crippen LogP contribution >= 0.6 is 0 Å². The van der Waals surface area contributed by atoms with E-state index in [2.05, 4.69) is 27.0 Å². The molecule has 0 rings (SSSR count). The number of hydrogen-bond donors (Lipinski definition) is 0. The minimum Gasteiger partial charge on any atom is -0.0991 e.